The zero-order valence-electron chi connectivity index (χ0n) is 10.3. The zero-order valence-corrected chi connectivity index (χ0v) is 11.1. The summed E-state index contributed by atoms with van der Waals surface area (Å²) in [6.45, 7) is 3.04. The molecule has 1 atom stereocenters. The summed E-state index contributed by atoms with van der Waals surface area (Å²) in [5, 5.41) is 4.20. The average Bonchev–Trinajstić information content (AvgIpc) is 2.42. The molecule has 0 fully saturated rings. The number of benzene rings is 1. The van der Waals surface area contributed by atoms with Crippen LogP contribution in [0.15, 0.2) is 42.9 Å². The molecule has 0 saturated heterocycles. The van der Waals surface area contributed by atoms with Gasteiger partial charge < -0.3 is 5.32 Å². The normalized spacial score (nSPS) is 12.3. The molecule has 2 aromatic rings. The Balaban J connectivity index is 2.34. The van der Waals surface area contributed by atoms with E-state index in [1.807, 2.05) is 24.3 Å². The lowest BCUT2D eigenvalue weighted by Crippen LogP contribution is -2.24. The van der Waals surface area contributed by atoms with Crippen LogP contribution in [-0.2, 0) is 0 Å². The number of rotatable bonds is 5. The van der Waals surface area contributed by atoms with E-state index in [1.165, 1.54) is 0 Å². The summed E-state index contributed by atoms with van der Waals surface area (Å²) in [6.07, 6.45) is 6.21. The Morgan fingerprint density at radius 1 is 1.28 bits per heavy atom. The van der Waals surface area contributed by atoms with Gasteiger partial charge in [0.1, 0.15) is 0 Å². The smallest absolute Gasteiger partial charge is 0.0802 e. The molecule has 1 N–H and O–H groups in total. The van der Waals surface area contributed by atoms with Crippen molar-refractivity contribution in [3.8, 4) is 0 Å². The summed E-state index contributed by atoms with van der Waals surface area (Å²) < 4.78 is 0. The van der Waals surface area contributed by atoms with E-state index >= 15 is 0 Å². The van der Waals surface area contributed by atoms with Crippen molar-refractivity contribution < 1.29 is 0 Å². The third-order valence-electron chi connectivity index (χ3n) is 2.69. The minimum Gasteiger partial charge on any atom is -0.305 e. The quantitative estimate of drug-likeness (QED) is 0.898. The fourth-order valence-corrected chi connectivity index (χ4v) is 2.08. The summed E-state index contributed by atoms with van der Waals surface area (Å²) in [4.78, 5) is 8.49. The molecule has 4 heteroatoms. The summed E-state index contributed by atoms with van der Waals surface area (Å²) in [5.41, 5.74) is 1.92. The van der Waals surface area contributed by atoms with Crippen LogP contribution >= 0.6 is 11.6 Å². The van der Waals surface area contributed by atoms with Crippen LogP contribution in [0.4, 0.5) is 0 Å². The standard InChI is InChI=1S/C14H16ClN3/c1-2-7-18-14(13-10-16-8-9-17-13)11-5-3-4-6-12(11)15/h3-6,8-10,14,18H,2,7H2,1H3. The largest absolute Gasteiger partial charge is 0.305 e. The van der Waals surface area contributed by atoms with E-state index in [2.05, 4.69) is 22.2 Å². The van der Waals surface area contributed by atoms with Gasteiger partial charge in [0, 0.05) is 17.4 Å². The Morgan fingerprint density at radius 2 is 2.11 bits per heavy atom. The van der Waals surface area contributed by atoms with Crippen LogP contribution in [0.25, 0.3) is 0 Å². The molecule has 1 aromatic carbocycles. The number of nitrogens with zero attached hydrogens (tertiary/aromatic N) is 2. The van der Waals surface area contributed by atoms with Crippen molar-refractivity contribution in [3.63, 3.8) is 0 Å². The van der Waals surface area contributed by atoms with Crippen LogP contribution in [0, 0.1) is 0 Å². The molecule has 0 amide bonds. The van der Waals surface area contributed by atoms with Gasteiger partial charge in [0.15, 0.2) is 0 Å². The minimum absolute atomic E-state index is 0.00708. The highest BCUT2D eigenvalue weighted by molar-refractivity contribution is 6.31. The molecule has 3 nitrogen and oxygen atoms in total. The molecule has 0 saturated carbocycles. The fourth-order valence-electron chi connectivity index (χ4n) is 1.83. The van der Waals surface area contributed by atoms with Gasteiger partial charge in [-0.25, -0.2) is 0 Å². The van der Waals surface area contributed by atoms with E-state index in [0.717, 1.165) is 29.2 Å². The van der Waals surface area contributed by atoms with Crippen LogP contribution in [-0.4, -0.2) is 16.5 Å². The predicted molar refractivity (Wildman–Crippen MR) is 73.6 cm³/mol. The molecule has 0 aliphatic rings. The van der Waals surface area contributed by atoms with E-state index in [-0.39, 0.29) is 6.04 Å². The summed E-state index contributed by atoms with van der Waals surface area (Å²) in [5.74, 6) is 0. The van der Waals surface area contributed by atoms with Gasteiger partial charge in [-0.05, 0) is 24.6 Å². The highest BCUT2D eigenvalue weighted by Crippen LogP contribution is 2.26. The average molecular weight is 262 g/mol. The van der Waals surface area contributed by atoms with Crippen molar-refractivity contribution >= 4 is 11.6 Å². The van der Waals surface area contributed by atoms with Gasteiger partial charge in [0.25, 0.3) is 0 Å². The van der Waals surface area contributed by atoms with Gasteiger partial charge in [-0.15, -0.1) is 0 Å². The first kappa shape index (κ1) is 13.0. The number of halogens is 1. The summed E-state index contributed by atoms with van der Waals surface area (Å²) in [6, 6.07) is 7.82. The minimum atomic E-state index is -0.00708. The van der Waals surface area contributed by atoms with Gasteiger partial charge in [0.2, 0.25) is 0 Å². The lowest BCUT2D eigenvalue weighted by Gasteiger charge is -2.19. The maximum Gasteiger partial charge on any atom is 0.0802 e. The van der Waals surface area contributed by atoms with Gasteiger partial charge in [-0.1, -0.05) is 36.7 Å². The second-order valence-corrected chi connectivity index (χ2v) is 4.45. The van der Waals surface area contributed by atoms with Crippen LogP contribution in [0.1, 0.15) is 30.6 Å². The first-order valence-corrected chi connectivity index (χ1v) is 6.44. The molecule has 0 aliphatic heterocycles. The molecule has 1 aromatic heterocycles. The third kappa shape index (κ3) is 3.06. The Labute approximate surface area is 112 Å². The number of nitrogens with one attached hydrogen (secondary N) is 1. The van der Waals surface area contributed by atoms with E-state index < -0.39 is 0 Å². The zero-order chi connectivity index (χ0) is 12.8. The van der Waals surface area contributed by atoms with Crippen molar-refractivity contribution in [2.45, 2.75) is 19.4 Å². The molecule has 0 spiro atoms. The maximum absolute atomic E-state index is 6.26. The third-order valence-corrected chi connectivity index (χ3v) is 3.04. The van der Waals surface area contributed by atoms with Crippen molar-refractivity contribution in [2.75, 3.05) is 6.54 Å². The van der Waals surface area contributed by atoms with Gasteiger partial charge in [0.05, 0.1) is 17.9 Å². The number of hydrogen-bond donors (Lipinski definition) is 1. The number of aromatic nitrogens is 2. The van der Waals surface area contributed by atoms with Gasteiger partial charge in [-0.2, -0.15) is 0 Å². The Kier molecular flexibility index (Phi) is 4.67. The van der Waals surface area contributed by atoms with Crippen LogP contribution in [0.3, 0.4) is 0 Å². The van der Waals surface area contributed by atoms with Gasteiger partial charge in [-0.3, -0.25) is 9.97 Å². The van der Waals surface area contributed by atoms with Crippen molar-refractivity contribution in [2.24, 2.45) is 0 Å². The first-order chi connectivity index (χ1) is 8.83. The van der Waals surface area contributed by atoms with Crippen LogP contribution in [0.2, 0.25) is 5.02 Å². The van der Waals surface area contributed by atoms with E-state index in [9.17, 15) is 0 Å². The molecule has 0 radical (unpaired) electrons. The molecule has 0 bridgehead atoms. The van der Waals surface area contributed by atoms with Gasteiger partial charge >= 0.3 is 0 Å². The van der Waals surface area contributed by atoms with Crippen molar-refractivity contribution in [1.29, 1.82) is 0 Å². The van der Waals surface area contributed by atoms with Crippen molar-refractivity contribution in [1.82, 2.24) is 15.3 Å². The molecule has 18 heavy (non-hydrogen) atoms. The Hall–Kier alpha value is -1.45. The Bertz CT molecular complexity index is 487. The van der Waals surface area contributed by atoms with Crippen LogP contribution < -0.4 is 5.32 Å². The SMILES string of the molecule is CCCNC(c1cnccn1)c1ccccc1Cl. The highest BCUT2D eigenvalue weighted by Gasteiger charge is 2.17. The lowest BCUT2D eigenvalue weighted by atomic mass is 10.0. The summed E-state index contributed by atoms with van der Waals surface area (Å²) >= 11 is 6.26. The number of hydrogen-bond acceptors (Lipinski definition) is 3. The predicted octanol–water partition coefficient (Wildman–Crippen LogP) is 3.22. The molecule has 1 unspecified atom stereocenters. The lowest BCUT2D eigenvalue weighted by molar-refractivity contribution is 0.584. The molecule has 94 valence electrons. The summed E-state index contributed by atoms with van der Waals surface area (Å²) in [7, 11) is 0. The topological polar surface area (TPSA) is 37.8 Å². The molecule has 0 aliphatic carbocycles. The molecular formula is C14H16ClN3. The fraction of sp³-hybridized carbons (Fsp3) is 0.286. The maximum atomic E-state index is 6.26. The van der Waals surface area contributed by atoms with E-state index in [4.69, 9.17) is 11.6 Å². The monoisotopic (exact) mass is 261 g/mol. The Morgan fingerprint density at radius 3 is 2.78 bits per heavy atom. The molecular weight excluding hydrogens is 246 g/mol. The van der Waals surface area contributed by atoms with Crippen LogP contribution in [0.5, 0.6) is 0 Å². The molecule has 1 heterocycles. The highest BCUT2D eigenvalue weighted by atomic mass is 35.5. The first-order valence-electron chi connectivity index (χ1n) is 6.06. The second-order valence-electron chi connectivity index (χ2n) is 4.04. The van der Waals surface area contributed by atoms with E-state index in [0.29, 0.717) is 0 Å². The van der Waals surface area contributed by atoms with Crippen molar-refractivity contribution in [3.05, 3.63) is 59.1 Å². The molecule has 2 rings (SSSR count). The second kappa shape index (κ2) is 6.47. The van der Waals surface area contributed by atoms with E-state index in [1.54, 1.807) is 18.6 Å².